The van der Waals surface area contributed by atoms with Gasteiger partial charge in [0.15, 0.2) is 0 Å². The maximum atomic E-state index is 11.9. The highest BCUT2D eigenvalue weighted by Gasteiger charge is 2.13. The molecule has 0 aliphatic carbocycles. The molecule has 0 spiro atoms. The number of amides is 2. The first kappa shape index (κ1) is 15.6. The van der Waals surface area contributed by atoms with Crippen molar-refractivity contribution in [2.24, 2.45) is 0 Å². The Bertz CT molecular complexity index is 608. The van der Waals surface area contributed by atoms with Crippen LogP contribution in [0, 0.1) is 6.92 Å². The van der Waals surface area contributed by atoms with Gasteiger partial charge in [0.2, 0.25) is 0 Å². The summed E-state index contributed by atoms with van der Waals surface area (Å²) >= 11 is 1.66. The van der Waals surface area contributed by atoms with Crippen molar-refractivity contribution in [3.05, 3.63) is 51.7 Å². The standard InChI is InChI=1S/C17H22N2OS/c1-12-9-10-21-15(12)11-18-16(20)19-14-7-5-13(6-8-14)17(2,3)4/h5-10H,11H2,1-4H3,(H2,18,19,20). The van der Waals surface area contributed by atoms with E-state index in [0.29, 0.717) is 6.54 Å². The van der Waals surface area contributed by atoms with Crippen LogP contribution in [0.15, 0.2) is 35.7 Å². The number of hydrogen-bond donors (Lipinski definition) is 2. The van der Waals surface area contributed by atoms with Crippen LogP contribution in [0.5, 0.6) is 0 Å². The third-order valence-corrected chi connectivity index (χ3v) is 4.41. The van der Waals surface area contributed by atoms with Gasteiger partial charge in [-0.05, 0) is 47.0 Å². The molecule has 0 bridgehead atoms. The van der Waals surface area contributed by atoms with Crippen molar-refractivity contribution in [2.75, 3.05) is 5.32 Å². The molecule has 21 heavy (non-hydrogen) atoms. The summed E-state index contributed by atoms with van der Waals surface area (Å²) in [6.45, 7) is 9.13. The van der Waals surface area contributed by atoms with Gasteiger partial charge < -0.3 is 10.6 Å². The lowest BCUT2D eigenvalue weighted by Gasteiger charge is -2.19. The summed E-state index contributed by atoms with van der Waals surface area (Å²) in [5.74, 6) is 0. The molecule has 0 aliphatic heterocycles. The predicted molar refractivity (Wildman–Crippen MR) is 90.1 cm³/mol. The molecule has 0 radical (unpaired) electrons. The lowest BCUT2D eigenvalue weighted by atomic mass is 9.87. The lowest BCUT2D eigenvalue weighted by molar-refractivity contribution is 0.252. The molecule has 0 saturated carbocycles. The third-order valence-electron chi connectivity index (χ3n) is 3.39. The summed E-state index contributed by atoms with van der Waals surface area (Å²) in [5, 5.41) is 7.77. The Hall–Kier alpha value is -1.81. The van der Waals surface area contributed by atoms with Crippen molar-refractivity contribution in [3.63, 3.8) is 0 Å². The SMILES string of the molecule is Cc1ccsc1CNC(=O)Nc1ccc(C(C)(C)C)cc1. The molecule has 1 heterocycles. The van der Waals surface area contributed by atoms with Gasteiger partial charge in [-0.25, -0.2) is 4.79 Å². The Morgan fingerprint density at radius 1 is 1.14 bits per heavy atom. The maximum absolute atomic E-state index is 11.9. The molecule has 3 nitrogen and oxygen atoms in total. The minimum Gasteiger partial charge on any atom is -0.333 e. The highest BCUT2D eigenvalue weighted by Crippen LogP contribution is 2.23. The van der Waals surface area contributed by atoms with E-state index in [2.05, 4.69) is 56.5 Å². The number of benzene rings is 1. The van der Waals surface area contributed by atoms with E-state index in [1.54, 1.807) is 11.3 Å². The molecular weight excluding hydrogens is 280 g/mol. The van der Waals surface area contributed by atoms with E-state index in [0.717, 1.165) is 5.69 Å². The maximum Gasteiger partial charge on any atom is 0.319 e. The Labute approximate surface area is 130 Å². The summed E-state index contributed by atoms with van der Waals surface area (Å²) in [6, 6.07) is 9.88. The molecule has 2 amide bonds. The van der Waals surface area contributed by atoms with Crippen molar-refractivity contribution < 1.29 is 4.79 Å². The second-order valence-corrected chi connectivity index (χ2v) is 7.16. The Morgan fingerprint density at radius 2 is 1.81 bits per heavy atom. The first-order chi connectivity index (χ1) is 9.86. The molecule has 1 aromatic carbocycles. The van der Waals surface area contributed by atoms with Gasteiger partial charge in [0.25, 0.3) is 0 Å². The van der Waals surface area contributed by atoms with E-state index in [1.165, 1.54) is 16.0 Å². The molecule has 2 rings (SSSR count). The molecule has 0 atom stereocenters. The van der Waals surface area contributed by atoms with Gasteiger partial charge in [-0.2, -0.15) is 0 Å². The highest BCUT2D eigenvalue weighted by atomic mass is 32.1. The number of carbonyl (C=O) groups is 1. The van der Waals surface area contributed by atoms with Gasteiger partial charge in [0.1, 0.15) is 0 Å². The average molecular weight is 302 g/mol. The van der Waals surface area contributed by atoms with E-state index in [-0.39, 0.29) is 11.4 Å². The zero-order chi connectivity index (χ0) is 15.5. The van der Waals surface area contributed by atoms with Crippen LogP contribution in [0.25, 0.3) is 0 Å². The van der Waals surface area contributed by atoms with Crippen LogP contribution in [0.2, 0.25) is 0 Å². The number of thiophene rings is 1. The third kappa shape index (κ3) is 4.33. The van der Waals surface area contributed by atoms with Crippen LogP contribution < -0.4 is 10.6 Å². The highest BCUT2D eigenvalue weighted by molar-refractivity contribution is 7.10. The van der Waals surface area contributed by atoms with E-state index >= 15 is 0 Å². The van der Waals surface area contributed by atoms with Crippen LogP contribution >= 0.6 is 11.3 Å². The van der Waals surface area contributed by atoms with Crippen LogP contribution in [0.1, 0.15) is 36.8 Å². The summed E-state index contributed by atoms with van der Waals surface area (Å²) in [4.78, 5) is 13.1. The number of rotatable bonds is 3. The molecule has 0 saturated heterocycles. The minimum absolute atomic E-state index is 0.123. The minimum atomic E-state index is -0.175. The summed E-state index contributed by atoms with van der Waals surface area (Å²) < 4.78 is 0. The average Bonchev–Trinajstić information content (AvgIpc) is 2.81. The van der Waals surface area contributed by atoms with Crippen LogP contribution in [0.4, 0.5) is 10.5 Å². The number of carbonyl (C=O) groups excluding carboxylic acids is 1. The fourth-order valence-corrected chi connectivity index (χ4v) is 2.82. The molecule has 2 N–H and O–H groups in total. The zero-order valence-electron chi connectivity index (χ0n) is 13.0. The predicted octanol–water partition coefficient (Wildman–Crippen LogP) is 4.68. The van der Waals surface area contributed by atoms with Gasteiger partial charge in [-0.3, -0.25) is 0 Å². The quantitative estimate of drug-likeness (QED) is 0.849. The molecule has 4 heteroatoms. The van der Waals surface area contributed by atoms with E-state index in [9.17, 15) is 4.79 Å². The van der Waals surface area contributed by atoms with E-state index in [4.69, 9.17) is 0 Å². The van der Waals surface area contributed by atoms with Gasteiger partial charge >= 0.3 is 6.03 Å². The van der Waals surface area contributed by atoms with E-state index in [1.807, 2.05) is 17.5 Å². The lowest BCUT2D eigenvalue weighted by Crippen LogP contribution is -2.28. The van der Waals surface area contributed by atoms with Gasteiger partial charge in [0, 0.05) is 10.6 Å². The van der Waals surface area contributed by atoms with Crippen molar-refractivity contribution in [3.8, 4) is 0 Å². The molecule has 112 valence electrons. The van der Waals surface area contributed by atoms with E-state index < -0.39 is 0 Å². The molecular formula is C17H22N2OS. The van der Waals surface area contributed by atoms with Crippen LogP contribution in [-0.2, 0) is 12.0 Å². The second kappa shape index (κ2) is 6.31. The van der Waals surface area contributed by atoms with Crippen molar-refractivity contribution >= 4 is 23.1 Å². The Kier molecular flexibility index (Phi) is 4.68. The summed E-state index contributed by atoms with van der Waals surface area (Å²) in [6.07, 6.45) is 0. The topological polar surface area (TPSA) is 41.1 Å². The summed E-state index contributed by atoms with van der Waals surface area (Å²) in [5.41, 5.74) is 3.40. The monoisotopic (exact) mass is 302 g/mol. The van der Waals surface area contributed by atoms with Gasteiger partial charge in [-0.1, -0.05) is 32.9 Å². The number of hydrogen-bond acceptors (Lipinski definition) is 2. The molecule has 0 unspecified atom stereocenters. The van der Waals surface area contributed by atoms with Crippen molar-refractivity contribution in [2.45, 2.75) is 39.7 Å². The van der Waals surface area contributed by atoms with Crippen molar-refractivity contribution in [1.29, 1.82) is 0 Å². The number of anilines is 1. The van der Waals surface area contributed by atoms with Crippen molar-refractivity contribution in [1.82, 2.24) is 5.32 Å². The normalized spacial score (nSPS) is 11.2. The molecule has 1 aromatic heterocycles. The Morgan fingerprint density at radius 3 is 2.33 bits per heavy atom. The first-order valence-corrected chi connectivity index (χ1v) is 7.92. The largest absolute Gasteiger partial charge is 0.333 e. The zero-order valence-corrected chi connectivity index (χ0v) is 13.8. The summed E-state index contributed by atoms with van der Waals surface area (Å²) in [7, 11) is 0. The number of nitrogens with one attached hydrogen (secondary N) is 2. The molecule has 2 aromatic rings. The fraction of sp³-hybridized carbons (Fsp3) is 0.353. The Balaban J connectivity index is 1.89. The first-order valence-electron chi connectivity index (χ1n) is 7.04. The van der Waals surface area contributed by atoms with Crippen LogP contribution in [0.3, 0.4) is 0 Å². The van der Waals surface area contributed by atoms with Gasteiger partial charge in [0.05, 0.1) is 6.54 Å². The van der Waals surface area contributed by atoms with Crippen LogP contribution in [-0.4, -0.2) is 6.03 Å². The number of aryl methyl sites for hydroxylation is 1. The second-order valence-electron chi connectivity index (χ2n) is 6.16. The smallest absolute Gasteiger partial charge is 0.319 e. The van der Waals surface area contributed by atoms with Gasteiger partial charge in [-0.15, -0.1) is 11.3 Å². The number of urea groups is 1. The molecule has 0 fully saturated rings. The fourth-order valence-electron chi connectivity index (χ4n) is 1.97. The molecule has 0 aliphatic rings.